The first kappa shape index (κ1) is 12.5. The molecule has 0 saturated carbocycles. The summed E-state index contributed by atoms with van der Waals surface area (Å²) < 4.78 is 0. The lowest BCUT2D eigenvalue weighted by molar-refractivity contribution is 0.847. The third kappa shape index (κ3) is 2.65. The third-order valence-electron chi connectivity index (χ3n) is 2.96. The molecule has 2 aromatic rings. The smallest absolute Gasteiger partial charge is 0.133 e. The molecule has 18 heavy (non-hydrogen) atoms. The molecule has 0 spiro atoms. The fraction of sp³-hybridized carbons (Fsp3) is 0.286. The lowest BCUT2D eigenvalue weighted by Crippen LogP contribution is -2.21. The van der Waals surface area contributed by atoms with Gasteiger partial charge in [0.25, 0.3) is 0 Å². The SMILES string of the molecule is Cc1ccnc(N(C)Cc2ccccn2)c1CN. The highest BCUT2D eigenvalue weighted by atomic mass is 15.2. The molecular formula is C14H18N4. The molecule has 0 saturated heterocycles. The molecule has 0 bridgehead atoms. The van der Waals surface area contributed by atoms with Crippen molar-refractivity contribution in [3.63, 3.8) is 0 Å². The number of aryl methyl sites for hydroxylation is 1. The van der Waals surface area contributed by atoms with Crippen molar-refractivity contribution >= 4 is 5.82 Å². The average molecular weight is 242 g/mol. The van der Waals surface area contributed by atoms with Crippen LogP contribution < -0.4 is 10.6 Å². The number of rotatable bonds is 4. The van der Waals surface area contributed by atoms with Crippen LogP contribution in [0, 0.1) is 6.92 Å². The van der Waals surface area contributed by atoms with Gasteiger partial charge in [-0.15, -0.1) is 0 Å². The van der Waals surface area contributed by atoms with E-state index in [0.717, 1.165) is 23.6 Å². The highest BCUT2D eigenvalue weighted by molar-refractivity contribution is 5.49. The summed E-state index contributed by atoms with van der Waals surface area (Å²) in [6.07, 6.45) is 3.62. The molecule has 94 valence electrons. The van der Waals surface area contributed by atoms with E-state index in [-0.39, 0.29) is 0 Å². The first-order valence-corrected chi connectivity index (χ1v) is 5.98. The van der Waals surface area contributed by atoms with Gasteiger partial charge in [0, 0.05) is 31.5 Å². The summed E-state index contributed by atoms with van der Waals surface area (Å²) in [6.45, 7) is 3.29. The Morgan fingerprint density at radius 3 is 2.67 bits per heavy atom. The van der Waals surface area contributed by atoms with Crippen molar-refractivity contribution in [2.45, 2.75) is 20.0 Å². The minimum absolute atomic E-state index is 0.502. The number of aromatic nitrogens is 2. The van der Waals surface area contributed by atoms with Crippen LogP contribution >= 0.6 is 0 Å². The number of hydrogen-bond acceptors (Lipinski definition) is 4. The van der Waals surface area contributed by atoms with E-state index in [2.05, 4.69) is 21.8 Å². The van der Waals surface area contributed by atoms with Gasteiger partial charge < -0.3 is 10.6 Å². The van der Waals surface area contributed by atoms with E-state index in [4.69, 9.17) is 5.73 Å². The molecule has 2 rings (SSSR count). The molecule has 0 atom stereocenters. The molecule has 2 aromatic heterocycles. The van der Waals surface area contributed by atoms with Gasteiger partial charge in [-0.3, -0.25) is 4.98 Å². The van der Waals surface area contributed by atoms with Gasteiger partial charge in [-0.1, -0.05) is 6.07 Å². The molecule has 2 heterocycles. The molecule has 0 aliphatic heterocycles. The molecule has 0 aliphatic carbocycles. The van der Waals surface area contributed by atoms with Gasteiger partial charge in [-0.25, -0.2) is 4.98 Å². The van der Waals surface area contributed by atoms with Crippen molar-refractivity contribution in [2.24, 2.45) is 5.73 Å². The number of nitrogens with two attached hydrogens (primary N) is 1. The third-order valence-corrected chi connectivity index (χ3v) is 2.96. The Hall–Kier alpha value is -1.94. The molecule has 0 amide bonds. The van der Waals surface area contributed by atoms with Crippen LogP contribution in [0.1, 0.15) is 16.8 Å². The molecule has 4 heteroatoms. The molecular weight excluding hydrogens is 224 g/mol. The fourth-order valence-corrected chi connectivity index (χ4v) is 1.97. The maximum absolute atomic E-state index is 5.80. The topological polar surface area (TPSA) is 55.0 Å². The summed E-state index contributed by atoms with van der Waals surface area (Å²) in [6, 6.07) is 7.90. The average Bonchev–Trinajstić information content (AvgIpc) is 2.39. The van der Waals surface area contributed by atoms with E-state index in [1.165, 1.54) is 5.56 Å². The lowest BCUT2D eigenvalue weighted by atomic mass is 10.1. The zero-order valence-corrected chi connectivity index (χ0v) is 10.8. The van der Waals surface area contributed by atoms with E-state index in [0.29, 0.717) is 6.54 Å². The summed E-state index contributed by atoms with van der Waals surface area (Å²) in [5.41, 5.74) is 9.09. The number of anilines is 1. The van der Waals surface area contributed by atoms with Crippen LogP contribution in [-0.4, -0.2) is 17.0 Å². The molecule has 0 fully saturated rings. The van der Waals surface area contributed by atoms with Gasteiger partial charge in [0.2, 0.25) is 0 Å². The Kier molecular flexibility index (Phi) is 3.89. The Morgan fingerprint density at radius 2 is 2.00 bits per heavy atom. The van der Waals surface area contributed by atoms with Crippen molar-refractivity contribution < 1.29 is 0 Å². The first-order chi connectivity index (χ1) is 8.72. The van der Waals surface area contributed by atoms with Crippen LogP contribution in [0.15, 0.2) is 36.7 Å². The first-order valence-electron chi connectivity index (χ1n) is 5.98. The summed E-state index contributed by atoms with van der Waals surface area (Å²) in [4.78, 5) is 10.8. The molecule has 0 unspecified atom stereocenters. The van der Waals surface area contributed by atoms with Gasteiger partial charge in [-0.05, 0) is 30.7 Å². The lowest BCUT2D eigenvalue weighted by Gasteiger charge is -2.21. The summed E-state index contributed by atoms with van der Waals surface area (Å²) >= 11 is 0. The Morgan fingerprint density at radius 1 is 1.17 bits per heavy atom. The summed E-state index contributed by atoms with van der Waals surface area (Å²) in [5.74, 6) is 0.933. The van der Waals surface area contributed by atoms with E-state index in [1.54, 1.807) is 6.20 Å². The van der Waals surface area contributed by atoms with Gasteiger partial charge in [0.15, 0.2) is 0 Å². The van der Waals surface area contributed by atoms with Crippen LogP contribution in [-0.2, 0) is 13.1 Å². The van der Waals surface area contributed by atoms with Crippen molar-refractivity contribution in [1.29, 1.82) is 0 Å². The largest absolute Gasteiger partial charge is 0.354 e. The van der Waals surface area contributed by atoms with Crippen LogP contribution in [0.2, 0.25) is 0 Å². The zero-order valence-electron chi connectivity index (χ0n) is 10.8. The molecule has 0 aromatic carbocycles. The Labute approximate surface area is 107 Å². The van der Waals surface area contributed by atoms with Crippen molar-refractivity contribution in [2.75, 3.05) is 11.9 Å². The van der Waals surface area contributed by atoms with Gasteiger partial charge in [0.1, 0.15) is 5.82 Å². The monoisotopic (exact) mass is 242 g/mol. The molecule has 2 N–H and O–H groups in total. The van der Waals surface area contributed by atoms with E-state index in [1.807, 2.05) is 37.5 Å². The summed E-state index contributed by atoms with van der Waals surface area (Å²) in [7, 11) is 2.01. The summed E-state index contributed by atoms with van der Waals surface area (Å²) in [5, 5.41) is 0. The fourth-order valence-electron chi connectivity index (χ4n) is 1.97. The number of pyridine rings is 2. The highest BCUT2D eigenvalue weighted by Crippen LogP contribution is 2.20. The van der Waals surface area contributed by atoms with Gasteiger partial charge in [-0.2, -0.15) is 0 Å². The second-order valence-corrected chi connectivity index (χ2v) is 4.31. The predicted octanol–water partition coefficient (Wildman–Crippen LogP) is 1.88. The van der Waals surface area contributed by atoms with E-state index in [9.17, 15) is 0 Å². The highest BCUT2D eigenvalue weighted by Gasteiger charge is 2.10. The Balaban J connectivity index is 2.24. The second-order valence-electron chi connectivity index (χ2n) is 4.31. The van der Waals surface area contributed by atoms with Crippen molar-refractivity contribution in [3.8, 4) is 0 Å². The van der Waals surface area contributed by atoms with Gasteiger partial charge in [0.05, 0.1) is 12.2 Å². The van der Waals surface area contributed by atoms with Gasteiger partial charge >= 0.3 is 0 Å². The maximum Gasteiger partial charge on any atom is 0.133 e. The number of nitrogens with zero attached hydrogens (tertiary/aromatic N) is 3. The zero-order chi connectivity index (χ0) is 13.0. The number of hydrogen-bond donors (Lipinski definition) is 1. The van der Waals surface area contributed by atoms with Crippen LogP contribution in [0.3, 0.4) is 0 Å². The molecule has 4 nitrogen and oxygen atoms in total. The molecule has 0 aliphatic rings. The standard InChI is InChI=1S/C14H18N4/c1-11-6-8-17-14(13(11)9-15)18(2)10-12-5-3-4-7-16-12/h3-8H,9-10,15H2,1-2H3. The predicted molar refractivity (Wildman–Crippen MR) is 73.2 cm³/mol. The quantitative estimate of drug-likeness (QED) is 0.889. The van der Waals surface area contributed by atoms with E-state index >= 15 is 0 Å². The minimum atomic E-state index is 0.502. The van der Waals surface area contributed by atoms with E-state index < -0.39 is 0 Å². The van der Waals surface area contributed by atoms with Crippen LogP contribution in [0.25, 0.3) is 0 Å². The van der Waals surface area contributed by atoms with Crippen LogP contribution in [0.4, 0.5) is 5.82 Å². The van der Waals surface area contributed by atoms with Crippen LogP contribution in [0.5, 0.6) is 0 Å². The van der Waals surface area contributed by atoms with Crippen molar-refractivity contribution in [1.82, 2.24) is 9.97 Å². The van der Waals surface area contributed by atoms with Crippen molar-refractivity contribution in [3.05, 3.63) is 53.5 Å². The minimum Gasteiger partial charge on any atom is -0.354 e. The Bertz CT molecular complexity index is 510. The maximum atomic E-state index is 5.80. The normalized spacial score (nSPS) is 10.4. The molecule has 0 radical (unpaired) electrons. The second kappa shape index (κ2) is 5.60.